The van der Waals surface area contributed by atoms with Gasteiger partial charge in [-0.2, -0.15) is 0 Å². The summed E-state index contributed by atoms with van der Waals surface area (Å²) in [4.78, 5) is 22.3. The zero-order chi connectivity index (χ0) is 10.0. The lowest BCUT2D eigenvalue weighted by Crippen LogP contribution is -2.40. The first-order chi connectivity index (χ1) is 6.61. The van der Waals surface area contributed by atoms with Crippen molar-refractivity contribution in [2.45, 2.75) is 18.6 Å². The quantitative estimate of drug-likeness (QED) is 0.541. The van der Waals surface area contributed by atoms with E-state index >= 15 is 0 Å². The van der Waals surface area contributed by atoms with Crippen molar-refractivity contribution in [3.8, 4) is 0 Å². The molecule has 1 saturated heterocycles. The summed E-state index contributed by atoms with van der Waals surface area (Å²) in [5.74, 6) is -3.03. The van der Waals surface area contributed by atoms with Crippen LogP contribution in [0.3, 0.4) is 0 Å². The molecule has 14 heavy (non-hydrogen) atoms. The summed E-state index contributed by atoms with van der Waals surface area (Å²) in [6, 6.07) is 0. The van der Waals surface area contributed by atoms with Gasteiger partial charge in [0.2, 0.25) is 0 Å². The number of aliphatic carboxylic acids is 1. The molecule has 2 saturated carbocycles. The van der Waals surface area contributed by atoms with Crippen LogP contribution in [0.5, 0.6) is 0 Å². The van der Waals surface area contributed by atoms with Crippen LogP contribution in [-0.4, -0.2) is 34.4 Å². The Morgan fingerprint density at radius 1 is 1.43 bits per heavy atom. The first-order valence-electron chi connectivity index (χ1n) is 4.72. The molecule has 6 atom stereocenters. The van der Waals surface area contributed by atoms with Gasteiger partial charge >= 0.3 is 11.9 Å². The van der Waals surface area contributed by atoms with E-state index in [4.69, 9.17) is 9.84 Å². The van der Waals surface area contributed by atoms with Crippen molar-refractivity contribution < 1.29 is 24.5 Å². The first-order valence-corrected chi connectivity index (χ1v) is 4.72. The number of aliphatic hydroxyl groups excluding tert-OH is 1. The molecule has 3 fully saturated rings. The van der Waals surface area contributed by atoms with Crippen molar-refractivity contribution in [2.24, 2.45) is 23.7 Å². The molecule has 1 heterocycles. The lowest BCUT2D eigenvalue weighted by atomic mass is 9.79. The van der Waals surface area contributed by atoms with E-state index in [0.717, 1.165) is 0 Å². The average molecular weight is 198 g/mol. The van der Waals surface area contributed by atoms with Crippen molar-refractivity contribution in [1.82, 2.24) is 0 Å². The lowest BCUT2D eigenvalue weighted by molar-refractivity contribution is -0.151. The highest BCUT2D eigenvalue weighted by molar-refractivity contribution is 5.85. The molecule has 2 aliphatic carbocycles. The highest BCUT2D eigenvalue weighted by Gasteiger charge is 2.68. The molecular weight excluding hydrogens is 188 g/mol. The summed E-state index contributed by atoms with van der Waals surface area (Å²) in [6.07, 6.45) is -0.601. The number of esters is 1. The van der Waals surface area contributed by atoms with Crippen LogP contribution >= 0.6 is 0 Å². The van der Waals surface area contributed by atoms with Crippen molar-refractivity contribution in [3.05, 3.63) is 0 Å². The predicted octanol–water partition coefficient (Wildman–Crippen LogP) is -0.761. The van der Waals surface area contributed by atoms with E-state index in [-0.39, 0.29) is 11.8 Å². The number of rotatable bonds is 1. The number of carbonyl (C=O) groups excluding carboxylic acids is 1. The van der Waals surface area contributed by atoms with Crippen LogP contribution in [0, 0.1) is 23.7 Å². The maximum Gasteiger partial charge on any atom is 0.310 e. The third kappa shape index (κ3) is 0.706. The molecule has 5 heteroatoms. The Labute approximate surface area is 79.7 Å². The molecule has 0 aromatic heterocycles. The highest BCUT2D eigenvalue weighted by Crippen LogP contribution is 2.57. The van der Waals surface area contributed by atoms with E-state index in [9.17, 15) is 14.7 Å². The highest BCUT2D eigenvalue weighted by atomic mass is 16.6. The summed E-state index contributed by atoms with van der Waals surface area (Å²) >= 11 is 0. The Hall–Kier alpha value is -1.10. The molecule has 0 aromatic rings. The second kappa shape index (κ2) is 2.28. The summed E-state index contributed by atoms with van der Waals surface area (Å²) in [5, 5.41) is 18.7. The Bertz CT molecular complexity index is 325. The van der Waals surface area contributed by atoms with Crippen molar-refractivity contribution in [3.63, 3.8) is 0 Å². The van der Waals surface area contributed by atoms with Gasteiger partial charge in [-0.15, -0.1) is 0 Å². The fourth-order valence-corrected chi connectivity index (χ4v) is 3.36. The summed E-state index contributed by atoms with van der Waals surface area (Å²) in [7, 11) is 0. The standard InChI is InChI=1S/C9H10O5/c10-6-2-1-3-5(4(2)8(11)12)9(13)14-7(3)6/h2-7,10H,1H2,(H,11,12)/t2-,3+,4+,5+,6+,7-/m0/s1. The SMILES string of the molecule is O=C(O)[C@@H]1[C@@H]2C[C@H]3[C@H](OC(=O)[C@H]31)[C@@H]2O. The van der Waals surface area contributed by atoms with Gasteiger partial charge in [0.05, 0.1) is 17.9 Å². The lowest BCUT2D eigenvalue weighted by Gasteiger charge is -2.25. The third-order valence-corrected chi connectivity index (χ3v) is 3.86. The Morgan fingerprint density at radius 3 is 2.79 bits per heavy atom. The van der Waals surface area contributed by atoms with Gasteiger partial charge in [0.1, 0.15) is 6.10 Å². The van der Waals surface area contributed by atoms with E-state index in [0.29, 0.717) is 6.42 Å². The molecule has 1 aliphatic heterocycles. The summed E-state index contributed by atoms with van der Waals surface area (Å²) in [6.45, 7) is 0. The van der Waals surface area contributed by atoms with E-state index in [1.165, 1.54) is 0 Å². The van der Waals surface area contributed by atoms with Crippen LogP contribution in [0.4, 0.5) is 0 Å². The van der Waals surface area contributed by atoms with Crippen LogP contribution in [0.15, 0.2) is 0 Å². The second-order valence-corrected chi connectivity index (χ2v) is 4.35. The zero-order valence-corrected chi connectivity index (χ0v) is 7.29. The van der Waals surface area contributed by atoms with Crippen LogP contribution in [0.2, 0.25) is 0 Å². The molecule has 0 aromatic carbocycles. The first kappa shape index (κ1) is 8.23. The third-order valence-electron chi connectivity index (χ3n) is 3.86. The smallest absolute Gasteiger partial charge is 0.310 e. The normalized spacial score (nSPS) is 53.6. The molecule has 76 valence electrons. The maximum atomic E-state index is 11.4. The fourth-order valence-electron chi connectivity index (χ4n) is 3.36. The number of aliphatic hydroxyl groups is 1. The van der Waals surface area contributed by atoms with Crippen LogP contribution in [0.25, 0.3) is 0 Å². The second-order valence-electron chi connectivity index (χ2n) is 4.35. The topological polar surface area (TPSA) is 83.8 Å². The van der Waals surface area contributed by atoms with Gasteiger partial charge in [0.25, 0.3) is 0 Å². The number of ether oxygens (including phenoxy) is 1. The minimum absolute atomic E-state index is 0.0661. The molecule has 3 rings (SSSR count). The predicted molar refractivity (Wildman–Crippen MR) is 42.1 cm³/mol. The molecule has 5 nitrogen and oxygen atoms in total. The van der Waals surface area contributed by atoms with Crippen LogP contribution in [0.1, 0.15) is 6.42 Å². The van der Waals surface area contributed by atoms with Gasteiger partial charge in [-0.1, -0.05) is 0 Å². The molecule has 0 unspecified atom stereocenters. The number of fused-ring (bicyclic) bond motifs is 1. The molecule has 3 aliphatic rings. The summed E-state index contributed by atoms with van der Waals surface area (Å²) < 4.78 is 4.98. The zero-order valence-electron chi connectivity index (χ0n) is 7.29. The molecule has 2 bridgehead atoms. The number of carboxylic acid groups (broad SMARTS) is 1. The van der Waals surface area contributed by atoms with Gasteiger partial charge in [-0.25, -0.2) is 0 Å². The number of hydrogen-bond donors (Lipinski definition) is 2. The molecule has 2 N–H and O–H groups in total. The van der Waals surface area contributed by atoms with Crippen LogP contribution < -0.4 is 0 Å². The van der Waals surface area contributed by atoms with Crippen LogP contribution in [-0.2, 0) is 14.3 Å². The van der Waals surface area contributed by atoms with Crippen molar-refractivity contribution in [1.29, 1.82) is 0 Å². The van der Waals surface area contributed by atoms with Gasteiger partial charge in [-0.05, 0) is 6.42 Å². The molecule has 0 amide bonds. The number of carboxylic acids is 1. The van der Waals surface area contributed by atoms with Gasteiger partial charge < -0.3 is 14.9 Å². The van der Waals surface area contributed by atoms with Gasteiger partial charge in [-0.3, -0.25) is 9.59 Å². The van der Waals surface area contributed by atoms with E-state index in [2.05, 4.69) is 0 Å². The van der Waals surface area contributed by atoms with Gasteiger partial charge in [0, 0.05) is 11.8 Å². The van der Waals surface area contributed by atoms with Crippen molar-refractivity contribution >= 4 is 11.9 Å². The number of hydrogen-bond acceptors (Lipinski definition) is 4. The Balaban J connectivity index is 2.04. The van der Waals surface area contributed by atoms with E-state index < -0.39 is 36.0 Å². The Morgan fingerprint density at radius 2 is 2.14 bits per heavy atom. The van der Waals surface area contributed by atoms with E-state index in [1.807, 2.05) is 0 Å². The molecule has 0 spiro atoms. The minimum Gasteiger partial charge on any atom is -0.481 e. The monoisotopic (exact) mass is 198 g/mol. The van der Waals surface area contributed by atoms with Crippen molar-refractivity contribution in [2.75, 3.05) is 0 Å². The number of carbonyl (C=O) groups is 2. The maximum absolute atomic E-state index is 11.4. The van der Waals surface area contributed by atoms with E-state index in [1.54, 1.807) is 0 Å². The minimum atomic E-state index is -0.987. The molecular formula is C9H10O5. The summed E-state index contributed by atoms with van der Waals surface area (Å²) in [5.41, 5.74) is 0. The van der Waals surface area contributed by atoms with Gasteiger partial charge in [0.15, 0.2) is 0 Å². The fraction of sp³-hybridized carbons (Fsp3) is 0.778. The Kier molecular flexibility index (Phi) is 1.34. The average Bonchev–Trinajstić information content (AvgIpc) is 2.67. The molecule has 0 radical (unpaired) electrons. The largest absolute Gasteiger partial charge is 0.481 e.